The van der Waals surface area contributed by atoms with Crippen LogP contribution in [0.4, 0.5) is 0 Å². The predicted octanol–water partition coefficient (Wildman–Crippen LogP) is 1.52. The molecule has 0 saturated carbocycles. The first-order chi connectivity index (χ1) is 7.26. The van der Waals surface area contributed by atoms with E-state index in [-0.39, 0.29) is 19.3 Å². The molecule has 0 spiro atoms. The summed E-state index contributed by atoms with van der Waals surface area (Å²) in [6.07, 6.45) is 0. The van der Waals surface area contributed by atoms with Crippen LogP contribution in [0.3, 0.4) is 0 Å². The van der Waals surface area contributed by atoms with Gasteiger partial charge >= 0.3 is 0 Å². The first-order valence-electron chi connectivity index (χ1n) is 4.84. The lowest BCUT2D eigenvalue weighted by Crippen LogP contribution is -1.99. The highest BCUT2D eigenvalue weighted by atomic mass is 16.7. The van der Waals surface area contributed by atoms with E-state index in [4.69, 9.17) is 19.3 Å². The van der Waals surface area contributed by atoms with Gasteiger partial charge < -0.3 is 19.3 Å². The van der Waals surface area contributed by atoms with Gasteiger partial charge in [0.05, 0.1) is 7.11 Å². The van der Waals surface area contributed by atoms with Crippen LogP contribution in [0, 0.1) is 0 Å². The van der Waals surface area contributed by atoms with Gasteiger partial charge in [-0.15, -0.1) is 0 Å². The zero-order chi connectivity index (χ0) is 10.8. The van der Waals surface area contributed by atoms with Gasteiger partial charge in [0.2, 0.25) is 12.5 Å². The van der Waals surface area contributed by atoms with Crippen LogP contribution < -0.4 is 14.2 Å². The molecule has 0 radical (unpaired) electrons. The first kappa shape index (κ1) is 10.1. The van der Waals surface area contributed by atoms with Gasteiger partial charge in [0.15, 0.2) is 11.5 Å². The number of hydrogen-bond acceptors (Lipinski definition) is 4. The van der Waals surface area contributed by atoms with Crippen LogP contribution in [0.5, 0.6) is 17.2 Å². The Morgan fingerprint density at radius 3 is 2.93 bits per heavy atom. The van der Waals surface area contributed by atoms with Crippen molar-refractivity contribution in [2.24, 2.45) is 0 Å². The number of rotatable bonds is 3. The van der Waals surface area contributed by atoms with Gasteiger partial charge in [-0.3, -0.25) is 0 Å². The van der Waals surface area contributed by atoms with E-state index in [1.807, 2.05) is 19.1 Å². The number of methoxy groups -OCH3 is 1. The van der Waals surface area contributed by atoms with Gasteiger partial charge in [0, 0.05) is 12.5 Å². The van der Waals surface area contributed by atoms with Crippen molar-refractivity contribution in [2.45, 2.75) is 12.8 Å². The summed E-state index contributed by atoms with van der Waals surface area (Å²) in [5.41, 5.74) is 0.985. The molecule has 0 amide bonds. The Hall–Kier alpha value is -1.42. The maximum Gasteiger partial charge on any atom is 0.231 e. The van der Waals surface area contributed by atoms with Crippen molar-refractivity contribution in [3.63, 3.8) is 0 Å². The third-order valence-electron chi connectivity index (χ3n) is 2.52. The number of benzene rings is 1. The fourth-order valence-corrected chi connectivity index (χ4v) is 1.54. The molecule has 82 valence electrons. The van der Waals surface area contributed by atoms with Crippen LogP contribution in [-0.4, -0.2) is 25.6 Å². The normalized spacial score (nSPS) is 15.1. The average Bonchev–Trinajstić information content (AvgIpc) is 2.74. The van der Waals surface area contributed by atoms with Crippen molar-refractivity contribution < 1.29 is 19.3 Å². The van der Waals surface area contributed by atoms with Crippen LogP contribution in [0.2, 0.25) is 0 Å². The fourth-order valence-electron chi connectivity index (χ4n) is 1.54. The van der Waals surface area contributed by atoms with E-state index in [0.717, 1.165) is 5.56 Å². The molecular formula is C11H14O4. The van der Waals surface area contributed by atoms with Crippen LogP contribution in [0.1, 0.15) is 18.4 Å². The molecule has 2 rings (SSSR count). The standard InChI is InChI=1S/C11H14O4/c1-7(5-12)8-3-9(13-2)11-10(4-8)14-6-15-11/h3-4,7,12H,5-6H2,1-2H3. The third-order valence-corrected chi connectivity index (χ3v) is 2.52. The monoisotopic (exact) mass is 210 g/mol. The molecule has 1 unspecified atom stereocenters. The molecule has 1 aliphatic rings. The summed E-state index contributed by atoms with van der Waals surface area (Å²) in [6, 6.07) is 3.75. The smallest absolute Gasteiger partial charge is 0.231 e. The zero-order valence-electron chi connectivity index (χ0n) is 8.82. The van der Waals surface area contributed by atoms with Crippen LogP contribution in [0.25, 0.3) is 0 Å². The predicted molar refractivity (Wildman–Crippen MR) is 54.6 cm³/mol. The van der Waals surface area contributed by atoms with E-state index in [1.165, 1.54) is 0 Å². The quantitative estimate of drug-likeness (QED) is 0.821. The molecule has 1 aromatic rings. The largest absolute Gasteiger partial charge is 0.493 e. The molecule has 0 bridgehead atoms. The lowest BCUT2D eigenvalue weighted by molar-refractivity contribution is 0.171. The van der Waals surface area contributed by atoms with Crippen molar-refractivity contribution >= 4 is 0 Å². The zero-order valence-corrected chi connectivity index (χ0v) is 8.82. The molecule has 1 aliphatic heterocycles. The summed E-state index contributed by atoms with van der Waals surface area (Å²) in [4.78, 5) is 0. The van der Waals surface area contributed by atoms with Gasteiger partial charge in [-0.05, 0) is 17.7 Å². The molecule has 0 aliphatic carbocycles. The van der Waals surface area contributed by atoms with E-state index in [0.29, 0.717) is 17.2 Å². The summed E-state index contributed by atoms with van der Waals surface area (Å²) >= 11 is 0. The molecule has 0 aromatic heterocycles. The van der Waals surface area contributed by atoms with Crippen molar-refractivity contribution in [3.8, 4) is 17.2 Å². The summed E-state index contributed by atoms with van der Waals surface area (Å²) in [6.45, 7) is 2.27. The third kappa shape index (κ3) is 1.72. The summed E-state index contributed by atoms with van der Waals surface area (Å²) in [5.74, 6) is 2.05. The maximum atomic E-state index is 9.09. The van der Waals surface area contributed by atoms with Gasteiger partial charge in [-0.2, -0.15) is 0 Å². The lowest BCUT2D eigenvalue weighted by Gasteiger charge is -2.11. The van der Waals surface area contributed by atoms with Crippen molar-refractivity contribution in [2.75, 3.05) is 20.5 Å². The minimum atomic E-state index is 0.0633. The molecular weight excluding hydrogens is 196 g/mol. The molecule has 1 heterocycles. The molecule has 1 atom stereocenters. The minimum Gasteiger partial charge on any atom is -0.493 e. The Kier molecular flexibility index (Phi) is 2.68. The van der Waals surface area contributed by atoms with E-state index in [2.05, 4.69) is 0 Å². The Labute approximate surface area is 88.4 Å². The highest BCUT2D eigenvalue weighted by Gasteiger charge is 2.21. The van der Waals surface area contributed by atoms with Gasteiger partial charge in [0.25, 0.3) is 0 Å². The lowest BCUT2D eigenvalue weighted by atomic mass is 10.0. The maximum absolute atomic E-state index is 9.09. The molecule has 0 saturated heterocycles. The average molecular weight is 210 g/mol. The topological polar surface area (TPSA) is 47.9 Å². The van der Waals surface area contributed by atoms with Crippen LogP contribution in [-0.2, 0) is 0 Å². The number of aliphatic hydroxyl groups is 1. The highest BCUT2D eigenvalue weighted by Crippen LogP contribution is 2.43. The SMILES string of the molecule is COc1cc(C(C)CO)cc2c1OCO2. The Morgan fingerprint density at radius 1 is 1.47 bits per heavy atom. The summed E-state index contributed by atoms with van der Waals surface area (Å²) in [7, 11) is 1.59. The Bertz CT molecular complexity index is 362. The molecule has 1 aromatic carbocycles. The fraction of sp³-hybridized carbons (Fsp3) is 0.455. The molecule has 4 nitrogen and oxygen atoms in total. The summed E-state index contributed by atoms with van der Waals surface area (Å²) in [5, 5.41) is 9.09. The number of hydrogen-bond donors (Lipinski definition) is 1. The molecule has 4 heteroatoms. The summed E-state index contributed by atoms with van der Waals surface area (Å²) < 4.78 is 15.8. The second-order valence-electron chi connectivity index (χ2n) is 3.54. The van der Waals surface area contributed by atoms with E-state index < -0.39 is 0 Å². The van der Waals surface area contributed by atoms with Crippen LogP contribution >= 0.6 is 0 Å². The molecule has 15 heavy (non-hydrogen) atoms. The highest BCUT2D eigenvalue weighted by molar-refractivity contribution is 5.55. The molecule has 1 N–H and O–H groups in total. The van der Waals surface area contributed by atoms with E-state index in [9.17, 15) is 0 Å². The number of fused-ring (bicyclic) bond motifs is 1. The Morgan fingerprint density at radius 2 is 2.27 bits per heavy atom. The number of ether oxygens (including phenoxy) is 3. The first-order valence-corrected chi connectivity index (χ1v) is 4.84. The van der Waals surface area contributed by atoms with Gasteiger partial charge in [-0.25, -0.2) is 0 Å². The number of aliphatic hydroxyl groups excluding tert-OH is 1. The van der Waals surface area contributed by atoms with E-state index >= 15 is 0 Å². The van der Waals surface area contributed by atoms with Gasteiger partial charge in [0.1, 0.15) is 0 Å². The second-order valence-corrected chi connectivity index (χ2v) is 3.54. The van der Waals surface area contributed by atoms with E-state index in [1.54, 1.807) is 7.11 Å². The van der Waals surface area contributed by atoms with Crippen molar-refractivity contribution in [1.82, 2.24) is 0 Å². The van der Waals surface area contributed by atoms with Crippen molar-refractivity contribution in [1.29, 1.82) is 0 Å². The molecule has 0 fully saturated rings. The second kappa shape index (κ2) is 3.98. The Balaban J connectivity index is 2.43. The van der Waals surface area contributed by atoms with Gasteiger partial charge in [-0.1, -0.05) is 6.92 Å². The van der Waals surface area contributed by atoms with Crippen molar-refractivity contribution in [3.05, 3.63) is 17.7 Å². The van der Waals surface area contributed by atoms with Crippen LogP contribution in [0.15, 0.2) is 12.1 Å². The minimum absolute atomic E-state index is 0.0633.